The van der Waals surface area contributed by atoms with Gasteiger partial charge in [-0.15, -0.1) is 0 Å². The molecule has 6 rings (SSSR count). The number of hydrogen-bond acceptors (Lipinski definition) is 4. The third kappa shape index (κ3) is 4.60. The average molecular weight is 485 g/mol. The first-order chi connectivity index (χ1) is 17.7. The van der Waals surface area contributed by atoms with E-state index in [4.69, 9.17) is 4.74 Å². The zero-order valence-corrected chi connectivity index (χ0v) is 20.9. The number of benzene rings is 1. The molecule has 1 aliphatic carbocycles. The third-order valence-electron chi connectivity index (χ3n) is 8.91. The number of hydrogen-bond donors (Lipinski definition) is 1. The first-order valence-corrected chi connectivity index (χ1v) is 13.4. The normalized spacial score (nSPS) is 22.8. The molecule has 2 aromatic heterocycles. The maximum absolute atomic E-state index is 13.3. The molecule has 1 aromatic carbocycles. The number of carbonyl (C=O) groups excluding carboxylic acids is 1. The van der Waals surface area contributed by atoms with Crippen molar-refractivity contribution in [1.29, 1.82) is 0 Å². The Labute approximate surface area is 213 Å². The highest BCUT2D eigenvalue weighted by molar-refractivity contribution is 5.82. The number of rotatable bonds is 7. The number of nitrogens with one attached hydrogen (secondary N) is 1. The lowest BCUT2D eigenvalue weighted by Gasteiger charge is -2.38. The van der Waals surface area contributed by atoms with Crippen LogP contribution in [0.1, 0.15) is 43.4 Å². The van der Waals surface area contributed by atoms with Crippen LogP contribution in [0, 0.1) is 11.3 Å². The molecule has 2 aliphatic heterocycles. The van der Waals surface area contributed by atoms with Crippen LogP contribution < -0.4 is 5.32 Å². The van der Waals surface area contributed by atoms with Gasteiger partial charge in [0.2, 0.25) is 5.91 Å². The fourth-order valence-electron chi connectivity index (χ4n) is 6.42. The summed E-state index contributed by atoms with van der Waals surface area (Å²) in [6, 6.07) is 21.0. The Bertz CT molecular complexity index is 1160. The Hall–Kier alpha value is -2.96. The summed E-state index contributed by atoms with van der Waals surface area (Å²) in [5.41, 5.74) is 2.78. The van der Waals surface area contributed by atoms with Crippen LogP contribution in [0.3, 0.4) is 0 Å². The van der Waals surface area contributed by atoms with Gasteiger partial charge in [-0.3, -0.25) is 9.69 Å². The lowest BCUT2D eigenvalue weighted by atomic mass is 9.74. The molecule has 0 radical (unpaired) electrons. The van der Waals surface area contributed by atoms with Crippen molar-refractivity contribution >= 4 is 5.91 Å². The van der Waals surface area contributed by atoms with Gasteiger partial charge in [0.05, 0.1) is 0 Å². The molecule has 1 atom stereocenters. The fraction of sp³-hybridized carbons (Fsp3) is 0.467. The second-order valence-electron chi connectivity index (χ2n) is 10.9. The third-order valence-corrected chi connectivity index (χ3v) is 8.91. The van der Waals surface area contributed by atoms with Crippen LogP contribution in [0.4, 0.5) is 0 Å². The van der Waals surface area contributed by atoms with Gasteiger partial charge in [-0.05, 0) is 80.4 Å². The summed E-state index contributed by atoms with van der Waals surface area (Å²) < 4.78 is 7.84. The summed E-state index contributed by atoms with van der Waals surface area (Å²) >= 11 is 0. The molecular formula is C30H36N4O2. The number of carbonyl (C=O) groups is 1. The van der Waals surface area contributed by atoms with Crippen molar-refractivity contribution in [3.05, 3.63) is 84.3 Å². The van der Waals surface area contributed by atoms with Gasteiger partial charge in [-0.2, -0.15) is 0 Å². The quantitative estimate of drug-likeness (QED) is 0.542. The van der Waals surface area contributed by atoms with Crippen molar-refractivity contribution in [2.45, 2.75) is 44.1 Å². The molecule has 3 aromatic rings. The van der Waals surface area contributed by atoms with E-state index in [1.165, 1.54) is 11.3 Å². The molecule has 6 heteroatoms. The first kappa shape index (κ1) is 23.4. The minimum atomic E-state index is -0.0108. The van der Waals surface area contributed by atoms with E-state index in [0.717, 1.165) is 70.8 Å². The van der Waals surface area contributed by atoms with Crippen molar-refractivity contribution in [2.24, 2.45) is 11.3 Å². The molecule has 3 fully saturated rings. The van der Waals surface area contributed by atoms with Crippen molar-refractivity contribution in [3.8, 4) is 5.82 Å². The molecule has 1 N–H and O–H groups in total. The van der Waals surface area contributed by atoms with Crippen LogP contribution in [-0.4, -0.2) is 53.2 Å². The molecule has 2 saturated heterocycles. The van der Waals surface area contributed by atoms with E-state index in [1.54, 1.807) is 0 Å². The number of piperidine rings is 1. The lowest BCUT2D eigenvalue weighted by molar-refractivity contribution is -0.124. The smallest absolute Gasteiger partial charge is 0.223 e. The SMILES string of the molecule is O=C(NCC1(c2ccccc2)CCOCC1)[C@H]1CC12CCN(Cc1cccn1-c1ccccn1)CC2. The van der Waals surface area contributed by atoms with Gasteiger partial charge in [0.25, 0.3) is 0 Å². The zero-order chi connectivity index (χ0) is 24.4. The van der Waals surface area contributed by atoms with Gasteiger partial charge in [-0.25, -0.2) is 4.98 Å². The predicted molar refractivity (Wildman–Crippen MR) is 140 cm³/mol. The topological polar surface area (TPSA) is 59.4 Å². The Morgan fingerprint density at radius 2 is 1.75 bits per heavy atom. The molecule has 36 heavy (non-hydrogen) atoms. The summed E-state index contributed by atoms with van der Waals surface area (Å²) in [6.45, 7) is 5.24. The van der Waals surface area contributed by atoms with E-state index in [1.807, 2.05) is 24.4 Å². The molecule has 0 unspecified atom stereocenters. The number of ether oxygens (including phenoxy) is 1. The molecule has 1 amide bonds. The van der Waals surface area contributed by atoms with Crippen LogP contribution in [0.2, 0.25) is 0 Å². The molecule has 1 spiro atoms. The van der Waals surface area contributed by atoms with Crippen molar-refractivity contribution in [3.63, 3.8) is 0 Å². The monoisotopic (exact) mass is 484 g/mol. The van der Waals surface area contributed by atoms with Crippen LogP contribution in [0.25, 0.3) is 5.82 Å². The maximum atomic E-state index is 13.3. The maximum Gasteiger partial charge on any atom is 0.223 e. The number of pyridine rings is 1. The van der Waals surface area contributed by atoms with E-state index in [9.17, 15) is 4.79 Å². The number of amides is 1. The van der Waals surface area contributed by atoms with Crippen molar-refractivity contribution < 1.29 is 9.53 Å². The minimum absolute atomic E-state index is 0.0108. The van der Waals surface area contributed by atoms with E-state index in [-0.39, 0.29) is 22.7 Å². The van der Waals surface area contributed by atoms with Crippen molar-refractivity contribution in [2.75, 3.05) is 32.8 Å². The Balaban J connectivity index is 1.03. The van der Waals surface area contributed by atoms with Gasteiger partial charge in [0.15, 0.2) is 0 Å². The molecular weight excluding hydrogens is 448 g/mol. The Kier molecular flexibility index (Phi) is 6.40. The molecule has 3 aliphatic rings. The summed E-state index contributed by atoms with van der Waals surface area (Å²) in [4.78, 5) is 20.3. The Morgan fingerprint density at radius 1 is 0.972 bits per heavy atom. The van der Waals surface area contributed by atoms with E-state index < -0.39 is 0 Å². The minimum Gasteiger partial charge on any atom is -0.381 e. The van der Waals surface area contributed by atoms with Crippen molar-refractivity contribution in [1.82, 2.24) is 19.8 Å². The van der Waals surface area contributed by atoms with Gasteiger partial charge < -0.3 is 14.6 Å². The summed E-state index contributed by atoms with van der Waals surface area (Å²) in [5.74, 6) is 1.39. The van der Waals surface area contributed by atoms with Crippen LogP contribution in [-0.2, 0) is 21.5 Å². The lowest BCUT2D eigenvalue weighted by Crippen LogP contribution is -2.45. The molecule has 4 heterocycles. The number of nitrogens with zero attached hydrogens (tertiary/aromatic N) is 3. The highest BCUT2D eigenvalue weighted by Gasteiger charge is 2.58. The second kappa shape index (κ2) is 9.83. The zero-order valence-electron chi connectivity index (χ0n) is 20.9. The summed E-state index contributed by atoms with van der Waals surface area (Å²) in [7, 11) is 0. The van der Waals surface area contributed by atoms with Gasteiger partial charge >= 0.3 is 0 Å². The van der Waals surface area contributed by atoms with Gasteiger partial charge in [0.1, 0.15) is 5.82 Å². The Morgan fingerprint density at radius 3 is 2.50 bits per heavy atom. The number of likely N-dealkylation sites (tertiary alicyclic amines) is 1. The van der Waals surface area contributed by atoms with Crippen LogP contribution >= 0.6 is 0 Å². The van der Waals surface area contributed by atoms with Gasteiger partial charge in [0, 0.05) is 55.7 Å². The predicted octanol–water partition coefficient (Wildman–Crippen LogP) is 4.34. The second-order valence-corrected chi connectivity index (χ2v) is 10.9. The van der Waals surface area contributed by atoms with E-state index >= 15 is 0 Å². The first-order valence-electron chi connectivity index (χ1n) is 13.4. The van der Waals surface area contributed by atoms with Crippen LogP contribution in [0.15, 0.2) is 73.1 Å². The molecule has 0 bridgehead atoms. The molecule has 6 nitrogen and oxygen atoms in total. The fourth-order valence-corrected chi connectivity index (χ4v) is 6.42. The average Bonchev–Trinajstić information content (AvgIpc) is 3.44. The van der Waals surface area contributed by atoms with Crippen LogP contribution in [0.5, 0.6) is 0 Å². The number of aromatic nitrogens is 2. The summed E-state index contributed by atoms with van der Waals surface area (Å²) in [5, 5.41) is 3.38. The molecule has 1 saturated carbocycles. The highest BCUT2D eigenvalue weighted by atomic mass is 16.5. The standard InChI is InChI=1S/C30H36N4O2/c35-28(32-23-30(13-19-36-20-14-30)24-7-2-1-3-8-24)26-21-29(26)11-17-33(18-12-29)22-25-9-6-16-34(25)27-10-4-5-15-31-27/h1-10,15-16,26H,11-14,17-23H2,(H,32,35)/t26-/m1/s1. The summed E-state index contributed by atoms with van der Waals surface area (Å²) in [6.07, 6.45) is 9.10. The van der Waals surface area contributed by atoms with E-state index in [0.29, 0.717) is 6.54 Å². The molecule has 188 valence electrons. The largest absolute Gasteiger partial charge is 0.381 e. The highest BCUT2D eigenvalue weighted by Crippen LogP contribution is 2.59. The van der Waals surface area contributed by atoms with E-state index in [2.05, 4.69) is 68.4 Å². The van der Waals surface area contributed by atoms with Gasteiger partial charge in [-0.1, -0.05) is 36.4 Å².